The van der Waals surface area contributed by atoms with Crippen molar-refractivity contribution in [3.63, 3.8) is 0 Å². The molecule has 6 heteroatoms. The number of thioether (sulfide) groups is 1. The Balaban J connectivity index is 1.45. The Morgan fingerprint density at radius 1 is 1.00 bits per heavy atom. The van der Waals surface area contributed by atoms with Crippen molar-refractivity contribution in [3.8, 4) is 5.75 Å². The first-order chi connectivity index (χ1) is 13.7. The molecule has 0 spiro atoms. The third-order valence-corrected chi connectivity index (χ3v) is 5.40. The molecular weight excluding hydrogens is 388 g/mol. The minimum Gasteiger partial charge on any atom is -0.487 e. The molecule has 3 aromatic rings. The van der Waals surface area contributed by atoms with E-state index in [1.54, 1.807) is 11.1 Å². The lowest BCUT2D eigenvalue weighted by Gasteiger charge is -2.13. The lowest BCUT2D eigenvalue weighted by atomic mass is 10.2. The van der Waals surface area contributed by atoms with E-state index in [1.165, 1.54) is 11.8 Å². The molecule has 28 heavy (non-hydrogen) atoms. The van der Waals surface area contributed by atoms with E-state index in [1.807, 2.05) is 78.9 Å². The van der Waals surface area contributed by atoms with Gasteiger partial charge in [0.05, 0.1) is 16.3 Å². The van der Waals surface area contributed by atoms with Crippen molar-refractivity contribution >= 4 is 46.0 Å². The fourth-order valence-corrected chi connectivity index (χ4v) is 4.02. The maximum Gasteiger partial charge on any atom is 0.270 e. The summed E-state index contributed by atoms with van der Waals surface area (Å²) in [5.41, 5.74) is 2.57. The van der Waals surface area contributed by atoms with Crippen LogP contribution in [0.5, 0.6) is 5.75 Å². The van der Waals surface area contributed by atoms with Gasteiger partial charge in [-0.2, -0.15) is 0 Å². The van der Waals surface area contributed by atoms with E-state index >= 15 is 0 Å². The molecule has 1 amide bonds. The number of rotatable bonds is 5. The van der Waals surface area contributed by atoms with E-state index in [9.17, 15) is 4.79 Å². The molecule has 2 aromatic carbocycles. The maximum absolute atomic E-state index is 12.8. The number of aromatic nitrogens is 1. The summed E-state index contributed by atoms with van der Waals surface area (Å²) >= 11 is 6.71. The number of para-hydroxylation sites is 1. The van der Waals surface area contributed by atoms with Gasteiger partial charge in [0.1, 0.15) is 12.4 Å². The fourth-order valence-electron chi connectivity index (χ4n) is 2.72. The van der Waals surface area contributed by atoms with Gasteiger partial charge in [0.2, 0.25) is 0 Å². The molecule has 1 saturated heterocycles. The van der Waals surface area contributed by atoms with Crippen LogP contribution in [-0.2, 0) is 11.4 Å². The number of nitrogens with zero attached hydrogens (tertiary/aromatic N) is 2. The zero-order valence-electron chi connectivity index (χ0n) is 14.8. The van der Waals surface area contributed by atoms with Gasteiger partial charge in [-0.3, -0.25) is 14.7 Å². The SMILES string of the molecule is O=C1/C(=C\c2ccc(OCc3ccccn3)cc2)SC(=S)N1c1ccccc1. The average molecular weight is 405 g/mol. The Kier molecular flexibility index (Phi) is 5.50. The van der Waals surface area contributed by atoms with Crippen LogP contribution in [-0.4, -0.2) is 15.2 Å². The van der Waals surface area contributed by atoms with Crippen LogP contribution in [0.3, 0.4) is 0 Å². The van der Waals surface area contributed by atoms with E-state index in [0.717, 1.165) is 22.7 Å². The number of anilines is 1. The summed E-state index contributed by atoms with van der Waals surface area (Å²) in [4.78, 5) is 19.2. The summed E-state index contributed by atoms with van der Waals surface area (Å²) in [6.07, 6.45) is 3.60. The highest BCUT2D eigenvalue weighted by molar-refractivity contribution is 8.27. The molecule has 0 saturated carbocycles. The Morgan fingerprint density at radius 2 is 1.75 bits per heavy atom. The quantitative estimate of drug-likeness (QED) is 0.439. The smallest absolute Gasteiger partial charge is 0.270 e. The predicted octanol–water partition coefficient (Wildman–Crippen LogP) is 5.07. The minimum atomic E-state index is -0.100. The van der Waals surface area contributed by atoms with Gasteiger partial charge in [-0.25, -0.2) is 0 Å². The topological polar surface area (TPSA) is 42.4 Å². The van der Waals surface area contributed by atoms with Gasteiger partial charge >= 0.3 is 0 Å². The summed E-state index contributed by atoms with van der Waals surface area (Å²) in [5, 5.41) is 0. The molecule has 0 N–H and O–H groups in total. The summed E-state index contributed by atoms with van der Waals surface area (Å²) in [7, 11) is 0. The first-order valence-corrected chi connectivity index (χ1v) is 9.89. The zero-order valence-corrected chi connectivity index (χ0v) is 16.5. The first kappa shape index (κ1) is 18.4. The van der Waals surface area contributed by atoms with E-state index < -0.39 is 0 Å². The highest BCUT2D eigenvalue weighted by Gasteiger charge is 2.33. The monoisotopic (exact) mass is 404 g/mol. The molecule has 1 fully saturated rings. The zero-order chi connectivity index (χ0) is 19.3. The van der Waals surface area contributed by atoms with Crippen molar-refractivity contribution in [3.05, 3.63) is 95.2 Å². The molecule has 138 valence electrons. The van der Waals surface area contributed by atoms with Crippen LogP contribution in [0.15, 0.2) is 83.9 Å². The third kappa shape index (κ3) is 4.13. The van der Waals surface area contributed by atoms with Crippen LogP contribution in [0.2, 0.25) is 0 Å². The molecule has 1 aromatic heterocycles. The molecule has 4 nitrogen and oxygen atoms in total. The van der Waals surface area contributed by atoms with Gasteiger partial charge in [-0.1, -0.05) is 60.4 Å². The van der Waals surface area contributed by atoms with Crippen LogP contribution in [0.25, 0.3) is 6.08 Å². The second-order valence-electron chi connectivity index (χ2n) is 6.03. The van der Waals surface area contributed by atoms with Gasteiger partial charge in [0, 0.05) is 6.20 Å². The molecule has 1 aliphatic rings. The van der Waals surface area contributed by atoms with Gasteiger partial charge in [0.15, 0.2) is 4.32 Å². The maximum atomic E-state index is 12.8. The number of thiocarbonyl (C=S) groups is 1. The largest absolute Gasteiger partial charge is 0.487 e. The first-order valence-electron chi connectivity index (χ1n) is 8.66. The number of pyridine rings is 1. The van der Waals surface area contributed by atoms with Gasteiger partial charge in [-0.15, -0.1) is 0 Å². The lowest BCUT2D eigenvalue weighted by Crippen LogP contribution is -2.27. The van der Waals surface area contributed by atoms with E-state index in [0.29, 0.717) is 15.8 Å². The molecule has 1 aliphatic heterocycles. The molecule has 0 radical (unpaired) electrons. The van der Waals surface area contributed by atoms with Crippen LogP contribution in [0, 0.1) is 0 Å². The predicted molar refractivity (Wildman–Crippen MR) is 117 cm³/mol. The number of benzene rings is 2. The third-order valence-electron chi connectivity index (χ3n) is 4.10. The van der Waals surface area contributed by atoms with Crippen molar-refractivity contribution in [1.82, 2.24) is 4.98 Å². The van der Waals surface area contributed by atoms with Crippen molar-refractivity contribution in [2.75, 3.05) is 4.90 Å². The molecule has 0 bridgehead atoms. The molecule has 0 unspecified atom stereocenters. The normalized spacial score (nSPS) is 15.3. The Morgan fingerprint density at radius 3 is 2.46 bits per heavy atom. The summed E-state index contributed by atoms with van der Waals surface area (Å²) in [5.74, 6) is 0.649. The van der Waals surface area contributed by atoms with Gasteiger partial charge in [-0.05, 0) is 48.0 Å². The van der Waals surface area contributed by atoms with Crippen molar-refractivity contribution in [2.24, 2.45) is 0 Å². The van der Waals surface area contributed by atoms with Crippen LogP contribution < -0.4 is 9.64 Å². The Labute approximate surface area is 172 Å². The van der Waals surface area contributed by atoms with Gasteiger partial charge < -0.3 is 4.74 Å². The van der Waals surface area contributed by atoms with E-state index in [2.05, 4.69) is 4.98 Å². The van der Waals surface area contributed by atoms with Gasteiger partial charge in [0.25, 0.3) is 5.91 Å². The van der Waals surface area contributed by atoms with Crippen LogP contribution in [0.1, 0.15) is 11.3 Å². The highest BCUT2D eigenvalue weighted by Crippen LogP contribution is 2.36. The second kappa shape index (κ2) is 8.37. The van der Waals surface area contributed by atoms with Crippen LogP contribution in [0.4, 0.5) is 5.69 Å². The minimum absolute atomic E-state index is 0.100. The fraction of sp³-hybridized carbons (Fsp3) is 0.0455. The van der Waals surface area contributed by atoms with Crippen molar-refractivity contribution < 1.29 is 9.53 Å². The Bertz CT molecular complexity index is 1020. The number of amides is 1. The molecule has 2 heterocycles. The summed E-state index contributed by atoms with van der Waals surface area (Å²) in [6.45, 7) is 0.413. The number of hydrogen-bond acceptors (Lipinski definition) is 5. The molecule has 0 atom stereocenters. The average Bonchev–Trinajstić information content (AvgIpc) is 3.02. The van der Waals surface area contributed by atoms with E-state index in [4.69, 9.17) is 17.0 Å². The summed E-state index contributed by atoms with van der Waals surface area (Å²) < 4.78 is 6.29. The highest BCUT2D eigenvalue weighted by atomic mass is 32.2. The van der Waals surface area contributed by atoms with Crippen LogP contribution >= 0.6 is 24.0 Å². The number of ether oxygens (including phenoxy) is 1. The molecular formula is C22H16N2O2S2. The number of carbonyl (C=O) groups is 1. The standard InChI is InChI=1S/C22H16N2O2S2/c25-21-20(28-22(27)24(21)18-7-2-1-3-8-18)14-16-9-11-19(12-10-16)26-15-17-6-4-5-13-23-17/h1-14H,15H2/b20-14+. The number of carbonyl (C=O) groups excluding carboxylic acids is 1. The summed E-state index contributed by atoms with van der Waals surface area (Å²) in [6, 6.07) is 22.8. The lowest BCUT2D eigenvalue weighted by molar-refractivity contribution is -0.113. The number of hydrogen-bond donors (Lipinski definition) is 0. The van der Waals surface area contributed by atoms with Crippen molar-refractivity contribution in [2.45, 2.75) is 6.61 Å². The van der Waals surface area contributed by atoms with E-state index in [-0.39, 0.29) is 5.91 Å². The van der Waals surface area contributed by atoms with Crippen molar-refractivity contribution in [1.29, 1.82) is 0 Å². The molecule has 4 rings (SSSR count). The second-order valence-corrected chi connectivity index (χ2v) is 7.71. The Hall–Kier alpha value is -2.96. The molecule has 0 aliphatic carbocycles.